The molecule has 0 radical (unpaired) electrons. The Morgan fingerprint density at radius 2 is 0.570 bits per heavy atom. The molecule has 0 aromatic heterocycles. The van der Waals surface area contributed by atoms with Gasteiger partial charge in [0.25, 0.3) is 0 Å². The zero-order chi connectivity index (χ0) is 68.1. The van der Waals surface area contributed by atoms with Crippen molar-refractivity contribution in [3.8, 4) is 0 Å². The number of ether oxygens (including phenoxy) is 3. The summed E-state index contributed by atoms with van der Waals surface area (Å²) in [6.45, 7) is 2.40. The van der Waals surface area contributed by atoms with E-state index in [0.29, 0.717) is 19.3 Å². The van der Waals surface area contributed by atoms with Gasteiger partial charge in [-0.2, -0.15) is 0 Å². The topological polar surface area (TPSA) is 231 Å². The maximum Gasteiger partial charge on any atom is 0.472 e. The van der Waals surface area contributed by atoms with E-state index in [-0.39, 0.29) is 19.3 Å². The van der Waals surface area contributed by atoms with Gasteiger partial charge in [-0.15, -0.1) is 0 Å². The number of carbonyl (C=O) groups is 3. The van der Waals surface area contributed by atoms with Crippen molar-refractivity contribution in [3.63, 3.8) is 0 Å². The van der Waals surface area contributed by atoms with Crippen molar-refractivity contribution in [2.45, 2.75) is 296 Å². The largest absolute Gasteiger partial charge is 0.472 e. The fourth-order valence-electron chi connectivity index (χ4n) is 9.23. The van der Waals surface area contributed by atoms with Crippen LogP contribution in [0.5, 0.6) is 0 Å². The van der Waals surface area contributed by atoms with Gasteiger partial charge in [-0.1, -0.05) is 251 Å². The number of aliphatic hydroxyl groups is 2. The zero-order valence-corrected chi connectivity index (χ0v) is 59.7. The first-order valence-corrected chi connectivity index (χ1v) is 38.8. The van der Waals surface area contributed by atoms with E-state index in [1.54, 1.807) is 0 Å². The number of phosphoric ester groups is 2. The quantitative estimate of drug-likeness (QED) is 0.0146. The first-order chi connectivity index (χ1) is 45.2. The number of allylic oxidation sites excluding steroid dienone is 20. The number of phosphoric acid groups is 2. The van der Waals surface area contributed by atoms with Crippen molar-refractivity contribution in [3.05, 3.63) is 122 Å². The molecule has 5 unspecified atom stereocenters. The molecule has 0 spiro atoms. The second-order valence-corrected chi connectivity index (χ2v) is 26.5. The third kappa shape index (κ3) is 69.1. The van der Waals surface area contributed by atoms with Crippen LogP contribution in [0.2, 0.25) is 0 Å². The molecule has 5 atom stereocenters. The van der Waals surface area contributed by atoms with Crippen LogP contribution in [0, 0.1) is 0 Å². The van der Waals surface area contributed by atoms with Crippen molar-refractivity contribution in [1.82, 2.24) is 0 Å². The lowest BCUT2D eigenvalue weighted by atomic mass is 10.1. The molecule has 0 saturated heterocycles. The molecule has 18 heteroatoms. The minimum Gasteiger partial charge on any atom is -0.463 e. The molecule has 0 rings (SSSR count). The second-order valence-electron chi connectivity index (χ2n) is 23.6. The summed E-state index contributed by atoms with van der Waals surface area (Å²) >= 11 is 0. The van der Waals surface area contributed by atoms with Crippen LogP contribution in [0.1, 0.15) is 278 Å². The summed E-state index contributed by atoms with van der Waals surface area (Å²) in [6, 6.07) is 0. The van der Waals surface area contributed by atoms with Gasteiger partial charge >= 0.3 is 33.6 Å². The number of rotatable bonds is 67. The van der Waals surface area contributed by atoms with Crippen molar-refractivity contribution in [2.75, 3.05) is 39.6 Å². The van der Waals surface area contributed by atoms with Gasteiger partial charge in [-0.3, -0.25) is 32.5 Å². The lowest BCUT2D eigenvalue weighted by Gasteiger charge is -2.21. The Bertz CT molecular complexity index is 2180. The van der Waals surface area contributed by atoms with Gasteiger partial charge in [0.15, 0.2) is 6.10 Å². The molecule has 0 aliphatic heterocycles. The molecular formula is C75H128O16P2. The predicted octanol–water partition coefficient (Wildman–Crippen LogP) is 20.2. The highest BCUT2D eigenvalue weighted by atomic mass is 31.2. The SMILES string of the molecule is CC/C=C\C/C=C\C/C=C\C/C=C\C/C=C\CCCCCCCCCC(=O)OCC(O)COP(=O)(O)OCC(O)COP(=O)(O)OCC(COC(=O)CCCCCCCC/C=C\C/C=C\C/C=C\C/C=C\CC)OC(=O)CCCCCCC/C=C\CCCCCCCC. The number of carbonyl (C=O) groups excluding carboxylic acids is 3. The lowest BCUT2D eigenvalue weighted by Crippen LogP contribution is -2.30. The monoisotopic (exact) mass is 1350 g/mol. The zero-order valence-electron chi connectivity index (χ0n) is 57.9. The van der Waals surface area contributed by atoms with E-state index < -0.39 is 91.5 Å². The van der Waals surface area contributed by atoms with Gasteiger partial charge in [0, 0.05) is 19.3 Å². The highest BCUT2D eigenvalue weighted by Gasteiger charge is 2.29. The summed E-state index contributed by atoms with van der Waals surface area (Å²) in [5, 5.41) is 20.6. The van der Waals surface area contributed by atoms with Crippen LogP contribution < -0.4 is 0 Å². The molecule has 0 aromatic rings. The smallest absolute Gasteiger partial charge is 0.463 e. The van der Waals surface area contributed by atoms with Crippen LogP contribution in [-0.4, -0.2) is 95.9 Å². The predicted molar refractivity (Wildman–Crippen MR) is 380 cm³/mol. The summed E-state index contributed by atoms with van der Waals surface area (Å²) in [5.74, 6) is -1.61. The molecule has 0 aliphatic carbocycles. The first kappa shape index (κ1) is 89.0. The van der Waals surface area contributed by atoms with Crippen LogP contribution >= 0.6 is 15.6 Å². The summed E-state index contributed by atoms with van der Waals surface area (Å²) in [6.07, 6.45) is 78.1. The Balaban J connectivity index is 4.65. The van der Waals surface area contributed by atoms with Crippen molar-refractivity contribution in [1.29, 1.82) is 0 Å². The van der Waals surface area contributed by atoms with E-state index in [9.17, 15) is 43.5 Å². The molecule has 4 N–H and O–H groups in total. The average molecular weight is 1350 g/mol. The summed E-state index contributed by atoms with van der Waals surface area (Å²) < 4.78 is 61.0. The number of unbranched alkanes of at least 4 members (excludes halogenated alkanes) is 24. The standard InChI is InChI=1S/C75H128O16P2/c1-4-7-10-13-16-19-22-25-28-30-32-33-34-35-37-39-41-43-46-49-52-55-58-61-73(78)85-64-70(76)65-87-92(81,82)88-66-71(77)67-89-93(83,84)90-69-72(91-75(80)63-60-57-54-51-48-45-40-27-24-21-18-15-12-9-6-3)68-86-74(79)62-59-56-53-50-47-44-42-38-36-31-29-26-23-20-17-14-11-8-5-2/h7-8,10-11,16-17,19-20,25-29,32-33,35-38,40,70-72,76-77H,4-6,9,12-15,18,21-24,30-31,34,39,41-69H2,1-3H3,(H,81,82)(H,83,84)/b10-7-,11-8-,19-16-,20-17-,28-25-,29-26-,33-32-,37-35-,38-36-,40-27-. The Hall–Kier alpha value is -4.05. The van der Waals surface area contributed by atoms with Gasteiger partial charge in [-0.05, 0) is 128 Å². The highest BCUT2D eigenvalue weighted by molar-refractivity contribution is 7.47. The van der Waals surface area contributed by atoms with E-state index in [4.69, 9.17) is 32.3 Å². The van der Waals surface area contributed by atoms with Gasteiger partial charge in [0.05, 0.1) is 26.4 Å². The Morgan fingerprint density at radius 1 is 0.312 bits per heavy atom. The summed E-state index contributed by atoms with van der Waals surface area (Å²) in [4.78, 5) is 58.5. The molecule has 0 saturated carbocycles. The second kappa shape index (κ2) is 67.9. The Labute approximate surface area is 563 Å². The third-order valence-electron chi connectivity index (χ3n) is 14.7. The van der Waals surface area contributed by atoms with E-state index >= 15 is 0 Å². The number of aliphatic hydroxyl groups excluding tert-OH is 2. The fourth-order valence-corrected chi connectivity index (χ4v) is 10.8. The molecule has 0 fully saturated rings. The Kier molecular flexibility index (Phi) is 65.0. The summed E-state index contributed by atoms with van der Waals surface area (Å²) in [5.41, 5.74) is 0. The third-order valence-corrected chi connectivity index (χ3v) is 16.6. The van der Waals surface area contributed by atoms with Crippen LogP contribution in [0.15, 0.2) is 122 Å². The maximum absolute atomic E-state index is 12.9. The molecule has 93 heavy (non-hydrogen) atoms. The van der Waals surface area contributed by atoms with Crippen LogP contribution in [-0.2, 0) is 55.8 Å². The number of esters is 3. The van der Waals surface area contributed by atoms with Crippen molar-refractivity contribution in [2.24, 2.45) is 0 Å². The highest BCUT2D eigenvalue weighted by Crippen LogP contribution is 2.45. The molecule has 16 nitrogen and oxygen atoms in total. The molecule has 534 valence electrons. The first-order valence-electron chi connectivity index (χ1n) is 35.8. The van der Waals surface area contributed by atoms with Gasteiger partial charge in [0.2, 0.25) is 0 Å². The van der Waals surface area contributed by atoms with Crippen LogP contribution in [0.25, 0.3) is 0 Å². The van der Waals surface area contributed by atoms with Crippen molar-refractivity contribution < 1.29 is 75.8 Å². The molecule has 0 amide bonds. The van der Waals surface area contributed by atoms with E-state index in [1.807, 2.05) is 0 Å². The fraction of sp³-hybridized carbons (Fsp3) is 0.693. The number of hydrogen-bond acceptors (Lipinski definition) is 14. The van der Waals surface area contributed by atoms with Crippen LogP contribution in [0.3, 0.4) is 0 Å². The van der Waals surface area contributed by atoms with Gasteiger partial charge < -0.3 is 34.2 Å². The van der Waals surface area contributed by atoms with Crippen molar-refractivity contribution >= 4 is 33.6 Å². The minimum atomic E-state index is -4.93. The average Bonchev–Trinajstić information content (AvgIpc) is 3.74. The number of hydrogen-bond donors (Lipinski definition) is 4. The van der Waals surface area contributed by atoms with E-state index in [1.165, 1.54) is 38.5 Å². The normalized spacial score (nSPS) is 14.9. The molecule has 0 aliphatic rings. The Morgan fingerprint density at radius 3 is 0.914 bits per heavy atom. The van der Waals surface area contributed by atoms with Gasteiger partial charge in [0.1, 0.15) is 25.4 Å². The van der Waals surface area contributed by atoms with E-state index in [2.05, 4.69) is 142 Å². The molecular weight excluding hydrogens is 1220 g/mol. The summed E-state index contributed by atoms with van der Waals surface area (Å²) in [7, 11) is -9.79. The molecule has 0 aromatic carbocycles. The maximum atomic E-state index is 12.9. The van der Waals surface area contributed by atoms with Crippen LogP contribution in [0.4, 0.5) is 0 Å². The lowest BCUT2D eigenvalue weighted by molar-refractivity contribution is -0.161. The molecule has 0 heterocycles. The minimum absolute atomic E-state index is 0.0892. The van der Waals surface area contributed by atoms with Gasteiger partial charge in [-0.25, -0.2) is 9.13 Å². The van der Waals surface area contributed by atoms with E-state index in [0.717, 1.165) is 180 Å². The molecule has 0 bridgehead atoms.